The fourth-order valence-corrected chi connectivity index (χ4v) is 2.67. The van der Waals surface area contributed by atoms with Gasteiger partial charge in [0.15, 0.2) is 0 Å². The predicted octanol–water partition coefficient (Wildman–Crippen LogP) is 3.60. The normalized spacial score (nSPS) is 11.1. The fourth-order valence-electron chi connectivity index (χ4n) is 2.67. The summed E-state index contributed by atoms with van der Waals surface area (Å²) in [4.78, 5) is 2.16. The Hall–Kier alpha value is -1.44. The molecule has 0 amide bonds. The summed E-state index contributed by atoms with van der Waals surface area (Å²) < 4.78 is 2.41. The number of nitrogens with zero attached hydrogens (tertiary/aromatic N) is 2. The molecule has 1 aromatic carbocycles. The minimum absolute atomic E-state index is 1.05. The molecule has 0 fully saturated rings. The van der Waals surface area contributed by atoms with Gasteiger partial charge in [0.2, 0.25) is 0 Å². The van der Waals surface area contributed by atoms with E-state index < -0.39 is 0 Å². The molecule has 0 N–H and O–H groups in total. The molecule has 17 heavy (non-hydrogen) atoms. The molecule has 0 radical (unpaired) electrons. The minimum atomic E-state index is 1.05. The zero-order valence-corrected chi connectivity index (χ0v) is 11.5. The van der Waals surface area contributed by atoms with Crippen molar-refractivity contribution in [2.24, 2.45) is 0 Å². The van der Waals surface area contributed by atoms with Gasteiger partial charge in [0.25, 0.3) is 0 Å². The van der Waals surface area contributed by atoms with Crippen LogP contribution in [-0.4, -0.2) is 18.7 Å². The summed E-state index contributed by atoms with van der Waals surface area (Å²) in [6.45, 7) is 7.73. The Kier molecular flexibility index (Phi) is 3.14. The van der Waals surface area contributed by atoms with E-state index in [1.54, 1.807) is 0 Å². The van der Waals surface area contributed by atoms with E-state index in [9.17, 15) is 0 Å². The van der Waals surface area contributed by atoms with Gasteiger partial charge in [0.05, 0.1) is 0 Å². The van der Waals surface area contributed by atoms with Gasteiger partial charge in [-0.3, -0.25) is 0 Å². The Balaban J connectivity index is 2.76. The van der Waals surface area contributed by atoms with Crippen molar-refractivity contribution >= 4 is 16.6 Å². The monoisotopic (exact) mass is 230 g/mol. The third kappa shape index (κ3) is 1.82. The quantitative estimate of drug-likeness (QED) is 0.782. The summed E-state index contributed by atoms with van der Waals surface area (Å²) in [6.07, 6.45) is 1.10. The van der Waals surface area contributed by atoms with Crippen LogP contribution in [0.3, 0.4) is 0 Å². The lowest BCUT2D eigenvalue weighted by molar-refractivity contribution is 0.763. The SMILES string of the molecule is CCc1c(C)n(CC)c2ccc(N(C)C)cc12. The maximum atomic E-state index is 2.41. The van der Waals surface area contributed by atoms with Gasteiger partial charge < -0.3 is 9.47 Å². The standard InChI is InChI=1S/C15H22N2/c1-6-13-11(3)17(7-2)15-9-8-12(16(4)5)10-14(13)15/h8-10H,6-7H2,1-5H3. The lowest BCUT2D eigenvalue weighted by Crippen LogP contribution is -2.08. The molecule has 0 aliphatic carbocycles. The van der Waals surface area contributed by atoms with Crippen LogP contribution < -0.4 is 4.90 Å². The lowest BCUT2D eigenvalue weighted by atomic mass is 10.1. The van der Waals surface area contributed by atoms with Gasteiger partial charge in [-0.05, 0) is 44.0 Å². The average molecular weight is 230 g/mol. The van der Waals surface area contributed by atoms with Gasteiger partial charge in [-0.2, -0.15) is 0 Å². The fraction of sp³-hybridized carbons (Fsp3) is 0.467. The molecule has 2 rings (SSSR count). The first kappa shape index (κ1) is 12.0. The van der Waals surface area contributed by atoms with Gasteiger partial charge in [0.1, 0.15) is 0 Å². The number of hydrogen-bond donors (Lipinski definition) is 0. The van der Waals surface area contributed by atoms with Crippen molar-refractivity contribution < 1.29 is 0 Å². The Morgan fingerprint density at radius 1 is 1.18 bits per heavy atom. The molecule has 0 bridgehead atoms. The van der Waals surface area contributed by atoms with Gasteiger partial charge in [-0.15, -0.1) is 0 Å². The summed E-state index contributed by atoms with van der Waals surface area (Å²) >= 11 is 0. The van der Waals surface area contributed by atoms with Crippen molar-refractivity contribution in [1.82, 2.24) is 4.57 Å². The topological polar surface area (TPSA) is 8.17 Å². The molecule has 2 heteroatoms. The van der Waals surface area contributed by atoms with Crippen LogP contribution in [0, 0.1) is 6.92 Å². The second-order valence-corrected chi connectivity index (χ2v) is 4.76. The van der Waals surface area contributed by atoms with E-state index in [4.69, 9.17) is 0 Å². The molecule has 0 saturated heterocycles. The summed E-state index contributed by atoms with van der Waals surface area (Å²) in [7, 11) is 4.19. The van der Waals surface area contributed by atoms with Gasteiger partial charge in [-0.25, -0.2) is 0 Å². The highest BCUT2D eigenvalue weighted by Crippen LogP contribution is 2.29. The second-order valence-electron chi connectivity index (χ2n) is 4.76. The van der Waals surface area contributed by atoms with Crippen LogP contribution in [0.1, 0.15) is 25.1 Å². The van der Waals surface area contributed by atoms with E-state index in [2.05, 4.69) is 62.5 Å². The number of hydrogen-bond acceptors (Lipinski definition) is 1. The zero-order valence-electron chi connectivity index (χ0n) is 11.5. The third-order valence-corrected chi connectivity index (χ3v) is 3.62. The van der Waals surface area contributed by atoms with Crippen molar-refractivity contribution in [3.05, 3.63) is 29.5 Å². The highest BCUT2D eigenvalue weighted by atomic mass is 15.1. The van der Waals surface area contributed by atoms with E-state index >= 15 is 0 Å². The van der Waals surface area contributed by atoms with E-state index in [0.717, 1.165) is 13.0 Å². The molecule has 2 nitrogen and oxygen atoms in total. The second kappa shape index (κ2) is 4.44. The molecule has 2 aromatic rings. The third-order valence-electron chi connectivity index (χ3n) is 3.62. The Labute approximate surface area is 104 Å². The van der Waals surface area contributed by atoms with Crippen LogP contribution in [-0.2, 0) is 13.0 Å². The Morgan fingerprint density at radius 2 is 1.88 bits per heavy atom. The first-order valence-corrected chi connectivity index (χ1v) is 6.39. The van der Waals surface area contributed by atoms with Crippen LogP contribution in [0.2, 0.25) is 0 Å². The van der Waals surface area contributed by atoms with E-state index in [1.807, 2.05) is 0 Å². The predicted molar refractivity (Wildman–Crippen MR) is 76.1 cm³/mol. The molecule has 0 aliphatic heterocycles. The molecule has 0 unspecified atom stereocenters. The van der Waals surface area contributed by atoms with E-state index in [0.29, 0.717) is 0 Å². The zero-order chi connectivity index (χ0) is 12.6. The summed E-state index contributed by atoms with van der Waals surface area (Å²) in [5.74, 6) is 0. The summed E-state index contributed by atoms with van der Waals surface area (Å²) in [5.41, 5.74) is 5.55. The Morgan fingerprint density at radius 3 is 2.41 bits per heavy atom. The molecule has 0 aliphatic rings. The highest BCUT2D eigenvalue weighted by Gasteiger charge is 2.12. The first-order chi connectivity index (χ1) is 8.10. The smallest absolute Gasteiger partial charge is 0.0486 e. The number of rotatable bonds is 3. The molecule has 0 spiro atoms. The lowest BCUT2D eigenvalue weighted by Gasteiger charge is -2.12. The molecule has 1 aromatic heterocycles. The number of aryl methyl sites for hydroxylation is 2. The number of aromatic nitrogens is 1. The van der Waals surface area contributed by atoms with Gasteiger partial charge in [0, 0.05) is 42.9 Å². The minimum Gasteiger partial charge on any atom is -0.378 e. The van der Waals surface area contributed by atoms with Crippen LogP contribution in [0.25, 0.3) is 10.9 Å². The number of benzene rings is 1. The first-order valence-electron chi connectivity index (χ1n) is 6.39. The molecule has 0 atom stereocenters. The molecule has 1 heterocycles. The molecule has 0 saturated carbocycles. The van der Waals surface area contributed by atoms with Crippen LogP contribution in [0.15, 0.2) is 18.2 Å². The Bertz CT molecular complexity index is 535. The van der Waals surface area contributed by atoms with Gasteiger partial charge in [-0.1, -0.05) is 6.92 Å². The van der Waals surface area contributed by atoms with E-state index in [-0.39, 0.29) is 0 Å². The summed E-state index contributed by atoms with van der Waals surface area (Å²) in [6, 6.07) is 6.76. The average Bonchev–Trinajstić information content (AvgIpc) is 2.58. The number of fused-ring (bicyclic) bond motifs is 1. The number of anilines is 1. The van der Waals surface area contributed by atoms with Crippen molar-refractivity contribution in [2.75, 3.05) is 19.0 Å². The van der Waals surface area contributed by atoms with Crippen LogP contribution in [0.5, 0.6) is 0 Å². The molecular weight excluding hydrogens is 208 g/mol. The largest absolute Gasteiger partial charge is 0.378 e. The van der Waals surface area contributed by atoms with Crippen molar-refractivity contribution in [3.8, 4) is 0 Å². The molecule has 92 valence electrons. The van der Waals surface area contributed by atoms with Crippen molar-refractivity contribution in [1.29, 1.82) is 0 Å². The van der Waals surface area contributed by atoms with Crippen molar-refractivity contribution in [2.45, 2.75) is 33.7 Å². The van der Waals surface area contributed by atoms with Crippen LogP contribution in [0.4, 0.5) is 5.69 Å². The van der Waals surface area contributed by atoms with Crippen LogP contribution >= 0.6 is 0 Å². The van der Waals surface area contributed by atoms with E-state index in [1.165, 1.54) is 27.8 Å². The molecular formula is C15H22N2. The maximum absolute atomic E-state index is 2.41. The summed E-state index contributed by atoms with van der Waals surface area (Å²) in [5, 5.41) is 1.41. The van der Waals surface area contributed by atoms with Gasteiger partial charge >= 0.3 is 0 Å². The van der Waals surface area contributed by atoms with Crippen molar-refractivity contribution in [3.63, 3.8) is 0 Å². The highest BCUT2D eigenvalue weighted by molar-refractivity contribution is 5.88. The maximum Gasteiger partial charge on any atom is 0.0486 e.